The van der Waals surface area contributed by atoms with E-state index in [4.69, 9.17) is 28.4 Å². The first-order chi connectivity index (χ1) is 35.3. The van der Waals surface area contributed by atoms with Crippen LogP contribution in [0, 0.1) is 0 Å². The third-order valence-electron chi connectivity index (χ3n) is 13.0. The molecule has 0 radical (unpaired) electrons. The molecular weight excluding hydrogens is 951 g/mol. The van der Waals surface area contributed by atoms with Gasteiger partial charge in [0, 0.05) is 6.42 Å². The summed E-state index contributed by atoms with van der Waals surface area (Å²) in [5, 5.41) is 120. The summed E-state index contributed by atoms with van der Waals surface area (Å²) in [7, 11) is 0. The Morgan fingerprint density at radius 1 is 0.507 bits per heavy atom. The average Bonchev–Trinajstić information content (AvgIpc) is 3.39. The van der Waals surface area contributed by atoms with Crippen LogP contribution in [0.4, 0.5) is 0 Å². The van der Waals surface area contributed by atoms with Gasteiger partial charge in [0.1, 0.15) is 73.2 Å². The lowest BCUT2D eigenvalue weighted by Crippen LogP contribution is -2.66. The summed E-state index contributed by atoms with van der Waals surface area (Å²) in [6.45, 7) is 1.48. The van der Waals surface area contributed by atoms with Crippen LogP contribution in [-0.2, 0) is 33.2 Å². The van der Waals surface area contributed by atoms with Gasteiger partial charge in [-0.1, -0.05) is 151 Å². The molecular formula is C54H91NO18. The van der Waals surface area contributed by atoms with Gasteiger partial charge in [0.05, 0.1) is 38.6 Å². The summed E-state index contributed by atoms with van der Waals surface area (Å²) in [4.78, 5) is 13.2. The van der Waals surface area contributed by atoms with Gasteiger partial charge in [-0.2, -0.15) is 0 Å². The van der Waals surface area contributed by atoms with Crippen molar-refractivity contribution in [1.29, 1.82) is 0 Å². The molecule has 17 atom stereocenters. The summed E-state index contributed by atoms with van der Waals surface area (Å²) in [6, 6.07) is -1.03. The molecule has 0 aromatic rings. The van der Waals surface area contributed by atoms with E-state index in [1.54, 1.807) is 12.2 Å². The van der Waals surface area contributed by atoms with Crippen LogP contribution in [0.2, 0.25) is 0 Å². The van der Waals surface area contributed by atoms with E-state index in [1.165, 1.54) is 51.4 Å². The second-order valence-electron chi connectivity index (χ2n) is 19.0. The van der Waals surface area contributed by atoms with E-state index in [-0.39, 0.29) is 6.42 Å². The molecule has 3 heterocycles. The van der Waals surface area contributed by atoms with Crippen LogP contribution in [0.1, 0.15) is 129 Å². The van der Waals surface area contributed by atoms with E-state index in [1.807, 2.05) is 24.3 Å². The Labute approximate surface area is 432 Å². The molecule has 0 spiro atoms. The monoisotopic (exact) mass is 1040 g/mol. The predicted octanol–water partition coefficient (Wildman–Crippen LogP) is 2.70. The van der Waals surface area contributed by atoms with Crippen molar-refractivity contribution in [3.63, 3.8) is 0 Å². The maximum atomic E-state index is 13.2. The molecule has 420 valence electrons. The summed E-state index contributed by atoms with van der Waals surface area (Å²) in [6.07, 6.45) is 15.0. The molecule has 3 aliphatic heterocycles. The lowest BCUT2D eigenvalue weighted by Gasteiger charge is -2.48. The maximum Gasteiger partial charge on any atom is 0.224 e. The number of rotatable bonds is 36. The quantitative estimate of drug-likeness (QED) is 0.0317. The van der Waals surface area contributed by atoms with Crippen LogP contribution >= 0.6 is 0 Å². The van der Waals surface area contributed by atoms with Gasteiger partial charge in [0.2, 0.25) is 5.91 Å². The molecule has 19 heteroatoms. The zero-order valence-corrected chi connectivity index (χ0v) is 43.1. The third kappa shape index (κ3) is 23.2. The molecule has 0 aromatic carbocycles. The van der Waals surface area contributed by atoms with Gasteiger partial charge in [-0.15, -0.1) is 0 Å². The summed E-state index contributed by atoms with van der Waals surface area (Å²) >= 11 is 0. The molecule has 73 heavy (non-hydrogen) atoms. The maximum absolute atomic E-state index is 13.2. The van der Waals surface area contributed by atoms with Crippen LogP contribution in [0.15, 0.2) is 72.9 Å². The number of allylic oxidation sites excluding steroid dienone is 10. The fourth-order valence-electron chi connectivity index (χ4n) is 8.61. The number of unbranched alkanes of at least 4 members (excludes halogenated alkanes) is 11. The Hall–Kier alpha value is -2.77. The third-order valence-corrected chi connectivity index (χ3v) is 13.0. The molecule has 0 bridgehead atoms. The number of hydrogen-bond donors (Lipinski definition) is 12. The zero-order chi connectivity index (χ0) is 53.4. The van der Waals surface area contributed by atoms with Gasteiger partial charge in [0.25, 0.3) is 0 Å². The first-order valence-corrected chi connectivity index (χ1v) is 26.7. The highest BCUT2D eigenvalue weighted by molar-refractivity contribution is 5.77. The molecule has 12 N–H and O–H groups in total. The van der Waals surface area contributed by atoms with Crippen molar-refractivity contribution in [3.8, 4) is 0 Å². The van der Waals surface area contributed by atoms with Gasteiger partial charge < -0.3 is 89.9 Å². The minimum absolute atomic E-state index is 0.00756. The minimum Gasteiger partial charge on any atom is -0.394 e. The van der Waals surface area contributed by atoms with Crippen LogP contribution in [0.5, 0.6) is 0 Å². The smallest absolute Gasteiger partial charge is 0.224 e. The molecule has 17 unspecified atom stereocenters. The number of aliphatic hydroxyl groups excluding tert-OH is 11. The van der Waals surface area contributed by atoms with Crippen molar-refractivity contribution in [2.24, 2.45) is 0 Å². The van der Waals surface area contributed by atoms with Gasteiger partial charge in [0.15, 0.2) is 18.9 Å². The molecule has 3 fully saturated rings. The SMILES string of the molecule is CC/C=C\C/C=C\C/C=C\C/C=C\C/C=C\CC(=O)NC(COC1OC(CO)C(OC2OC(CO)C(OC3OC(CO)C(O)C(O)C3O)C(O)C2O)C(O)C1O)C(O)/C=C/CCCCCCCCCCCCC. The molecule has 3 saturated heterocycles. The van der Waals surface area contributed by atoms with E-state index >= 15 is 0 Å². The predicted molar refractivity (Wildman–Crippen MR) is 272 cm³/mol. The van der Waals surface area contributed by atoms with E-state index < -0.39 is 137 Å². The Kier molecular flexibility index (Phi) is 33.5. The summed E-state index contributed by atoms with van der Waals surface area (Å²) in [5.41, 5.74) is 0. The van der Waals surface area contributed by atoms with Crippen molar-refractivity contribution in [3.05, 3.63) is 72.9 Å². The normalized spacial score (nSPS) is 32.3. The standard InChI is InChI=1S/C54H91NO18/c1-3-5-7-9-11-13-15-17-18-20-22-24-26-28-30-32-42(60)55-37(38(59)31-29-27-25-23-21-19-16-14-12-10-8-6-4-2)36-68-52-48(66)45(63)50(40(34-57)70-52)73-54-49(67)46(64)51(41(35-58)71-54)72-53-47(65)44(62)43(61)39(33-56)69-53/h5,7,11,13,17-18,22,24,28-31,37-41,43-54,56-59,61-67H,3-4,6,8-10,12,14-16,19-21,23,25-27,32-36H2,1-2H3,(H,55,60)/b7-5-,13-11-,18-17-,24-22-,30-28-,31-29+. The summed E-state index contributed by atoms with van der Waals surface area (Å²) < 4.78 is 34.1. The van der Waals surface area contributed by atoms with Crippen molar-refractivity contribution in [1.82, 2.24) is 5.32 Å². The van der Waals surface area contributed by atoms with Crippen LogP contribution in [0.3, 0.4) is 0 Å². The fourth-order valence-corrected chi connectivity index (χ4v) is 8.61. The van der Waals surface area contributed by atoms with Crippen LogP contribution in [0.25, 0.3) is 0 Å². The van der Waals surface area contributed by atoms with E-state index in [9.17, 15) is 61.0 Å². The highest BCUT2D eigenvalue weighted by atomic mass is 16.8. The highest BCUT2D eigenvalue weighted by Crippen LogP contribution is 2.33. The minimum atomic E-state index is -1.99. The lowest BCUT2D eigenvalue weighted by atomic mass is 9.96. The molecule has 0 aliphatic carbocycles. The van der Waals surface area contributed by atoms with E-state index in [0.717, 1.165) is 44.9 Å². The van der Waals surface area contributed by atoms with Gasteiger partial charge >= 0.3 is 0 Å². The number of carbonyl (C=O) groups excluding carboxylic acids is 1. The molecule has 19 nitrogen and oxygen atoms in total. The number of carbonyl (C=O) groups is 1. The molecule has 0 aromatic heterocycles. The number of amides is 1. The second-order valence-corrected chi connectivity index (χ2v) is 19.0. The molecule has 3 aliphatic rings. The highest BCUT2D eigenvalue weighted by Gasteiger charge is 2.53. The van der Waals surface area contributed by atoms with Gasteiger partial charge in [-0.25, -0.2) is 0 Å². The number of aliphatic hydroxyl groups is 11. The number of hydrogen-bond acceptors (Lipinski definition) is 18. The average molecular weight is 1040 g/mol. The lowest BCUT2D eigenvalue weighted by molar-refractivity contribution is -0.379. The molecule has 0 saturated carbocycles. The zero-order valence-electron chi connectivity index (χ0n) is 43.1. The number of ether oxygens (including phenoxy) is 6. The molecule has 1 amide bonds. The Morgan fingerprint density at radius 3 is 1.42 bits per heavy atom. The van der Waals surface area contributed by atoms with Crippen molar-refractivity contribution in [2.75, 3.05) is 26.4 Å². The van der Waals surface area contributed by atoms with E-state index in [0.29, 0.717) is 12.8 Å². The van der Waals surface area contributed by atoms with E-state index in [2.05, 4.69) is 55.6 Å². The van der Waals surface area contributed by atoms with Crippen molar-refractivity contribution < 1.29 is 89.4 Å². The van der Waals surface area contributed by atoms with Crippen LogP contribution < -0.4 is 5.32 Å². The Bertz CT molecular complexity index is 1620. The fraction of sp³-hybridized carbons (Fsp3) is 0.759. The first-order valence-electron chi connectivity index (χ1n) is 26.7. The Morgan fingerprint density at radius 2 is 0.932 bits per heavy atom. The van der Waals surface area contributed by atoms with Crippen molar-refractivity contribution in [2.45, 2.75) is 234 Å². The topological polar surface area (TPSA) is 307 Å². The van der Waals surface area contributed by atoms with Crippen LogP contribution in [-0.4, -0.2) is 193 Å². The Balaban J connectivity index is 1.59. The van der Waals surface area contributed by atoms with Gasteiger partial charge in [-0.05, 0) is 44.9 Å². The second kappa shape index (κ2) is 37.9. The molecule has 3 rings (SSSR count). The van der Waals surface area contributed by atoms with Gasteiger partial charge in [-0.3, -0.25) is 4.79 Å². The van der Waals surface area contributed by atoms with Crippen molar-refractivity contribution >= 4 is 5.91 Å². The summed E-state index contributed by atoms with van der Waals surface area (Å²) in [5.74, 6) is -0.408. The number of nitrogens with one attached hydrogen (secondary N) is 1. The first kappa shape index (κ1) is 64.5. The largest absolute Gasteiger partial charge is 0.394 e.